The summed E-state index contributed by atoms with van der Waals surface area (Å²) in [6, 6.07) is 12.4. The molecule has 0 amide bonds. The van der Waals surface area contributed by atoms with Gasteiger partial charge in [-0.05, 0) is 10.8 Å². The summed E-state index contributed by atoms with van der Waals surface area (Å²) in [5, 5.41) is 46.2. The third kappa shape index (κ3) is 4.12. The minimum Gasteiger partial charge on any atom is -0.385 e. The van der Waals surface area contributed by atoms with E-state index >= 15 is 0 Å². The third-order valence-corrected chi connectivity index (χ3v) is 5.36. The van der Waals surface area contributed by atoms with Gasteiger partial charge in [-0.15, -0.1) is 0 Å². The molecule has 0 radical (unpaired) electrons. The second-order valence-electron chi connectivity index (χ2n) is 7.39. The van der Waals surface area contributed by atoms with Crippen molar-refractivity contribution < 1.29 is 34.0 Å². The van der Waals surface area contributed by atoms with Gasteiger partial charge in [0.15, 0.2) is 11.1 Å². The second kappa shape index (κ2) is 9.06. The highest BCUT2D eigenvalue weighted by atomic mass is 16.6. The molecule has 0 aliphatic carbocycles. The van der Waals surface area contributed by atoms with E-state index in [0.717, 1.165) is 12.1 Å². The van der Waals surface area contributed by atoms with Gasteiger partial charge in [0.1, 0.15) is 0 Å². The fourth-order valence-electron chi connectivity index (χ4n) is 3.89. The van der Waals surface area contributed by atoms with E-state index in [-0.39, 0.29) is 21.5 Å². The predicted molar refractivity (Wildman–Crippen MR) is 124 cm³/mol. The van der Waals surface area contributed by atoms with E-state index < -0.39 is 65.5 Å². The molecule has 37 heavy (non-hydrogen) atoms. The molecule has 0 saturated heterocycles. The van der Waals surface area contributed by atoms with Gasteiger partial charge in [-0.1, -0.05) is 48.5 Å². The van der Waals surface area contributed by atoms with Gasteiger partial charge in [0, 0.05) is 22.9 Å². The first kappa shape index (κ1) is 24.3. The van der Waals surface area contributed by atoms with Crippen LogP contribution in [0.15, 0.2) is 60.7 Å². The molecule has 184 valence electrons. The Balaban J connectivity index is 1.96. The van der Waals surface area contributed by atoms with Crippen LogP contribution in [-0.2, 0) is 4.74 Å². The number of benzene rings is 4. The van der Waals surface area contributed by atoms with Gasteiger partial charge in [-0.25, -0.2) is 9.59 Å². The molecule has 0 saturated carbocycles. The van der Waals surface area contributed by atoms with Crippen molar-refractivity contribution >= 4 is 56.2 Å². The number of carbonyl (C=O) groups is 2. The average Bonchev–Trinajstić information content (AvgIpc) is 2.85. The number of fused-ring (bicyclic) bond motifs is 2. The average molecular weight is 506 g/mol. The lowest BCUT2D eigenvalue weighted by Gasteiger charge is -2.10. The van der Waals surface area contributed by atoms with E-state index in [0.29, 0.717) is 0 Å². The maximum Gasteiger partial charge on any atom is 0.361 e. The van der Waals surface area contributed by atoms with Gasteiger partial charge in [0.2, 0.25) is 0 Å². The molecule has 4 aromatic rings. The standard InChI is InChI=1S/C22H10N4O11/c27-21(17-13-7-3-1-5-11(13)9-15(23(29)30)19(17)25(33)34)37-22(28)18-14-8-4-2-6-12(14)10-16(24(31)32)20(18)26(35)36/h1-10H. The van der Waals surface area contributed by atoms with Crippen LogP contribution in [0.3, 0.4) is 0 Å². The first-order chi connectivity index (χ1) is 17.5. The van der Waals surface area contributed by atoms with Gasteiger partial charge < -0.3 is 4.74 Å². The van der Waals surface area contributed by atoms with E-state index in [1.807, 2.05) is 0 Å². The highest BCUT2D eigenvalue weighted by Gasteiger charge is 2.39. The second-order valence-corrected chi connectivity index (χ2v) is 7.39. The summed E-state index contributed by atoms with van der Waals surface area (Å²) >= 11 is 0. The summed E-state index contributed by atoms with van der Waals surface area (Å²) < 4.78 is 4.76. The molecule has 0 N–H and O–H groups in total. The topological polar surface area (TPSA) is 216 Å². The van der Waals surface area contributed by atoms with Crippen LogP contribution in [0.2, 0.25) is 0 Å². The number of ether oxygens (including phenoxy) is 1. The fourth-order valence-corrected chi connectivity index (χ4v) is 3.89. The largest absolute Gasteiger partial charge is 0.385 e. The summed E-state index contributed by atoms with van der Waals surface area (Å²) in [5.41, 5.74) is -6.54. The molecule has 0 heterocycles. The lowest BCUT2D eigenvalue weighted by Crippen LogP contribution is -2.17. The van der Waals surface area contributed by atoms with Crippen LogP contribution >= 0.6 is 0 Å². The number of nitro groups is 4. The molecule has 4 aromatic carbocycles. The Morgan fingerprint density at radius 1 is 0.568 bits per heavy atom. The molecular formula is C22H10N4O11. The molecule has 0 aliphatic heterocycles. The maximum atomic E-state index is 13.1. The molecule has 0 aromatic heterocycles. The van der Waals surface area contributed by atoms with Crippen LogP contribution in [0.5, 0.6) is 0 Å². The van der Waals surface area contributed by atoms with Gasteiger partial charge in [0.05, 0.1) is 19.7 Å². The third-order valence-electron chi connectivity index (χ3n) is 5.36. The summed E-state index contributed by atoms with van der Waals surface area (Å²) in [6.45, 7) is 0. The fraction of sp³-hybridized carbons (Fsp3) is 0. The monoisotopic (exact) mass is 506 g/mol. The molecule has 15 nitrogen and oxygen atoms in total. The molecule has 0 spiro atoms. The van der Waals surface area contributed by atoms with Gasteiger partial charge >= 0.3 is 34.7 Å². The smallest absolute Gasteiger partial charge is 0.361 e. The quantitative estimate of drug-likeness (QED) is 0.152. The van der Waals surface area contributed by atoms with Crippen molar-refractivity contribution in [2.75, 3.05) is 0 Å². The first-order valence-corrected chi connectivity index (χ1v) is 9.98. The zero-order chi connectivity index (χ0) is 27.0. The molecule has 15 heteroatoms. The minimum atomic E-state index is -1.72. The van der Waals surface area contributed by atoms with Crippen molar-refractivity contribution in [3.63, 3.8) is 0 Å². The summed E-state index contributed by atoms with van der Waals surface area (Å²) in [5.74, 6) is -3.44. The van der Waals surface area contributed by atoms with E-state index in [2.05, 4.69) is 0 Å². The Kier molecular flexibility index (Phi) is 5.95. The molecule has 0 atom stereocenters. The van der Waals surface area contributed by atoms with Gasteiger partial charge in [-0.2, -0.15) is 0 Å². The Morgan fingerprint density at radius 3 is 1.24 bits per heavy atom. The number of carbonyl (C=O) groups excluding carboxylic acids is 2. The van der Waals surface area contributed by atoms with Crippen LogP contribution in [0, 0.1) is 40.5 Å². The highest BCUT2D eigenvalue weighted by molar-refractivity contribution is 6.17. The van der Waals surface area contributed by atoms with Crippen molar-refractivity contribution in [3.8, 4) is 0 Å². The maximum absolute atomic E-state index is 13.1. The van der Waals surface area contributed by atoms with Crippen molar-refractivity contribution in [3.05, 3.63) is 112 Å². The number of esters is 2. The number of nitro benzene ring substituents is 4. The van der Waals surface area contributed by atoms with E-state index in [1.54, 1.807) is 0 Å². The molecule has 0 unspecified atom stereocenters. The number of hydrogen-bond acceptors (Lipinski definition) is 11. The van der Waals surface area contributed by atoms with Crippen molar-refractivity contribution in [2.45, 2.75) is 0 Å². The Hall–Kier alpha value is -5.86. The zero-order valence-corrected chi connectivity index (χ0v) is 18.1. The van der Waals surface area contributed by atoms with Gasteiger partial charge in [0.25, 0.3) is 0 Å². The molecular weight excluding hydrogens is 496 g/mol. The first-order valence-electron chi connectivity index (χ1n) is 9.98. The molecule has 4 rings (SSSR count). The Bertz CT molecular complexity index is 1590. The van der Waals surface area contributed by atoms with Crippen LogP contribution in [0.1, 0.15) is 20.7 Å². The Labute approximate surface area is 203 Å². The lowest BCUT2D eigenvalue weighted by molar-refractivity contribution is -0.422. The van der Waals surface area contributed by atoms with Crippen LogP contribution in [0.4, 0.5) is 22.7 Å². The van der Waals surface area contributed by atoms with Gasteiger partial charge in [-0.3, -0.25) is 40.5 Å². The van der Waals surface area contributed by atoms with Crippen LogP contribution < -0.4 is 0 Å². The zero-order valence-electron chi connectivity index (χ0n) is 18.1. The lowest BCUT2D eigenvalue weighted by atomic mass is 10.00. The minimum absolute atomic E-state index is 0.0333. The van der Waals surface area contributed by atoms with Crippen molar-refractivity contribution in [1.29, 1.82) is 0 Å². The number of rotatable bonds is 6. The highest BCUT2D eigenvalue weighted by Crippen LogP contribution is 2.40. The predicted octanol–water partition coefficient (Wildman–Crippen LogP) is 4.62. The molecule has 0 bridgehead atoms. The van der Waals surface area contributed by atoms with E-state index in [1.165, 1.54) is 48.5 Å². The van der Waals surface area contributed by atoms with Crippen molar-refractivity contribution in [1.82, 2.24) is 0 Å². The van der Waals surface area contributed by atoms with Crippen molar-refractivity contribution in [2.24, 2.45) is 0 Å². The summed E-state index contributed by atoms with van der Waals surface area (Å²) in [6.07, 6.45) is 0. The van der Waals surface area contributed by atoms with E-state index in [4.69, 9.17) is 4.74 Å². The van der Waals surface area contributed by atoms with Crippen LogP contribution in [0.25, 0.3) is 21.5 Å². The van der Waals surface area contributed by atoms with E-state index in [9.17, 15) is 50.0 Å². The normalized spacial score (nSPS) is 10.7. The van der Waals surface area contributed by atoms with Crippen LogP contribution in [-0.4, -0.2) is 31.6 Å². The molecule has 0 aliphatic rings. The summed E-state index contributed by atoms with van der Waals surface area (Å²) in [4.78, 5) is 68.1. The molecule has 0 fully saturated rings. The number of hydrogen-bond donors (Lipinski definition) is 0. The summed E-state index contributed by atoms with van der Waals surface area (Å²) in [7, 11) is 0. The SMILES string of the molecule is O=C(OC(=O)c1c([N+](=O)[O-])c([N+](=O)[O-])cc2ccccc12)c1c([N+](=O)[O-])c([N+](=O)[O-])cc2ccccc12. The number of nitrogens with zero attached hydrogens (tertiary/aromatic N) is 4. The Morgan fingerprint density at radius 2 is 0.919 bits per heavy atom.